The summed E-state index contributed by atoms with van der Waals surface area (Å²) in [5.41, 5.74) is 28.8. The predicted molar refractivity (Wildman–Crippen MR) is 380 cm³/mol. The number of anilines is 6. The second kappa shape index (κ2) is 22.9. The van der Waals surface area contributed by atoms with Gasteiger partial charge in [0.15, 0.2) is 0 Å². The summed E-state index contributed by atoms with van der Waals surface area (Å²) in [6.45, 7) is 22.0. The van der Waals surface area contributed by atoms with E-state index in [0.717, 1.165) is 135 Å². The Balaban J connectivity index is 1.12. The minimum absolute atomic E-state index is 0.00139. The lowest BCUT2D eigenvalue weighted by Crippen LogP contribution is -2.61. The lowest BCUT2D eigenvalue weighted by atomic mass is 9.33. The van der Waals surface area contributed by atoms with Gasteiger partial charge < -0.3 is 9.80 Å². The van der Waals surface area contributed by atoms with Crippen LogP contribution in [-0.2, 0) is 10.8 Å². The minimum Gasteiger partial charge on any atom is -0.311 e. The van der Waals surface area contributed by atoms with E-state index in [-0.39, 0.29) is 17.5 Å². The molecule has 5 heteroatoms. The van der Waals surface area contributed by atoms with Crippen LogP contribution in [0.4, 0.5) is 34.1 Å². The van der Waals surface area contributed by atoms with Gasteiger partial charge in [0, 0.05) is 45.0 Å². The van der Waals surface area contributed by atoms with E-state index in [9.17, 15) is 0 Å². The van der Waals surface area contributed by atoms with E-state index < -0.39 is 0 Å². The van der Waals surface area contributed by atoms with Crippen LogP contribution in [-0.4, -0.2) is 16.7 Å². The Morgan fingerprint density at radius 1 is 0.382 bits per heavy atom. The Labute approximate surface area is 525 Å². The van der Waals surface area contributed by atoms with Gasteiger partial charge in [-0.25, -0.2) is 9.97 Å². The SMILES string of the molecule is C=C/C=C\C(=C)c1ccc2c(c1)B1c3cc(-c4ccccc4)ccc3N(c3ccc(-c4ccccc4)cc3)c3c(-c4cccc(-c5ccc(C(C)(C)C)cc5)n4)cc(-c4cccc(-c5ccc(C(C)(C)C)cc5)n4)c(c31)N2c1ccc(-c2ccccc2)cc1. The molecule has 2 aliphatic heterocycles. The maximum absolute atomic E-state index is 5.77. The fourth-order valence-electron chi connectivity index (χ4n) is 13.0. The quantitative estimate of drug-likeness (QED) is 0.0901. The topological polar surface area (TPSA) is 32.3 Å². The largest absolute Gasteiger partial charge is 0.311 e. The van der Waals surface area contributed by atoms with Gasteiger partial charge in [0.05, 0.1) is 34.2 Å². The maximum atomic E-state index is 5.77. The predicted octanol–water partition coefficient (Wildman–Crippen LogP) is 20.6. The fourth-order valence-corrected chi connectivity index (χ4v) is 13.0. The van der Waals surface area contributed by atoms with Crippen LogP contribution in [0.2, 0.25) is 0 Å². The minimum atomic E-state index is -0.301. The molecule has 0 spiro atoms. The van der Waals surface area contributed by atoms with Crippen LogP contribution in [0, 0.1) is 0 Å². The van der Waals surface area contributed by atoms with Gasteiger partial charge in [-0.1, -0.05) is 273 Å². The molecule has 0 unspecified atom stereocenters. The van der Waals surface area contributed by atoms with Gasteiger partial charge in [-0.05, 0) is 150 Å². The number of benzene rings is 10. The van der Waals surface area contributed by atoms with Crippen LogP contribution >= 0.6 is 0 Å². The van der Waals surface area contributed by atoms with Crippen molar-refractivity contribution in [3.8, 4) is 78.4 Å². The van der Waals surface area contributed by atoms with Crippen LogP contribution < -0.4 is 26.2 Å². The standard InChI is InChI=1S/C84H69BN4/c1-9-10-22-56(2)64-41-51-78-72(53-64)85-73-54-65(59-27-18-13-19-28-59)42-52-79(73)89(69-49-39-61(40-50-69)58-25-16-12-17-26-58)82-71(77-32-21-30-75(87-77)63-35-45-67(46-36-63)84(6,7)8)55-70(76-31-20-29-74(86-76)62-33-43-66(44-34-62)83(3,4)5)81(80(82)85)88(78)68-47-37-60(38-48-68)57-23-14-11-15-24-57/h9-55H,1-2H2,3-8H3/b22-10-. The molecule has 0 aliphatic carbocycles. The molecule has 0 atom stereocenters. The van der Waals surface area contributed by atoms with Crippen LogP contribution in [0.1, 0.15) is 58.2 Å². The first-order valence-electron chi connectivity index (χ1n) is 30.9. The average Bonchev–Trinajstić information content (AvgIpc) is 0.692. The first-order valence-corrected chi connectivity index (χ1v) is 30.9. The lowest BCUT2D eigenvalue weighted by Gasteiger charge is -2.46. The van der Waals surface area contributed by atoms with Gasteiger partial charge in [0.1, 0.15) is 0 Å². The second-order valence-corrected chi connectivity index (χ2v) is 25.5. The second-order valence-electron chi connectivity index (χ2n) is 25.5. The molecule has 2 aromatic heterocycles. The van der Waals surface area contributed by atoms with Crippen molar-refractivity contribution in [2.75, 3.05) is 9.80 Å². The Kier molecular flexibility index (Phi) is 14.5. The summed E-state index contributed by atoms with van der Waals surface area (Å²) < 4.78 is 0. The summed E-state index contributed by atoms with van der Waals surface area (Å²) in [6, 6.07) is 97.7. The Bertz CT molecular complexity index is 4550. The van der Waals surface area contributed by atoms with Crippen molar-refractivity contribution in [2.45, 2.75) is 52.4 Å². The third-order valence-electron chi connectivity index (χ3n) is 17.7. The molecule has 428 valence electrons. The number of nitrogens with zero attached hydrogens (tertiary/aromatic N) is 4. The first-order chi connectivity index (χ1) is 43.3. The molecule has 0 saturated heterocycles. The third kappa shape index (κ3) is 10.6. The molecule has 14 rings (SSSR count). The fraction of sp³-hybridized carbons (Fsp3) is 0.0952. The van der Waals surface area contributed by atoms with E-state index in [4.69, 9.17) is 9.97 Å². The van der Waals surface area contributed by atoms with Crippen molar-refractivity contribution < 1.29 is 0 Å². The van der Waals surface area contributed by atoms with Gasteiger partial charge in [-0.2, -0.15) is 0 Å². The summed E-state index contributed by atoms with van der Waals surface area (Å²) in [7, 11) is 0. The number of allylic oxidation sites excluding steroid dienone is 4. The van der Waals surface area contributed by atoms with E-state index in [0.29, 0.717) is 0 Å². The number of pyridine rings is 2. The lowest BCUT2D eigenvalue weighted by molar-refractivity contribution is 0.590. The normalized spacial score (nSPS) is 12.6. The zero-order valence-corrected chi connectivity index (χ0v) is 51.4. The number of hydrogen-bond donors (Lipinski definition) is 0. The van der Waals surface area contributed by atoms with Gasteiger partial charge >= 0.3 is 0 Å². The molecule has 0 radical (unpaired) electrons. The van der Waals surface area contributed by atoms with Gasteiger partial charge in [-0.3, -0.25) is 0 Å². The highest BCUT2D eigenvalue weighted by molar-refractivity contribution is 7.00. The van der Waals surface area contributed by atoms with E-state index >= 15 is 0 Å². The zero-order chi connectivity index (χ0) is 61.0. The molecule has 4 heterocycles. The van der Waals surface area contributed by atoms with Crippen LogP contribution in [0.3, 0.4) is 0 Å². The van der Waals surface area contributed by atoms with Crippen LogP contribution in [0.15, 0.2) is 298 Å². The Morgan fingerprint density at radius 3 is 1.20 bits per heavy atom. The molecule has 2 aliphatic rings. The Hall–Kier alpha value is -10.6. The third-order valence-corrected chi connectivity index (χ3v) is 17.7. The number of fused-ring (bicyclic) bond motifs is 4. The van der Waals surface area contributed by atoms with E-state index in [1.54, 1.807) is 0 Å². The van der Waals surface area contributed by atoms with Crippen molar-refractivity contribution in [1.29, 1.82) is 0 Å². The van der Waals surface area contributed by atoms with Crippen LogP contribution in [0.25, 0.3) is 84.0 Å². The highest BCUT2D eigenvalue weighted by atomic mass is 15.2. The maximum Gasteiger partial charge on any atom is 0.252 e. The van der Waals surface area contributed by atoms with Crippen molar-refractivity contribution >= 4 is 62.8 Å². The highest BCUT2D eigenvalue weighted by Crippen LogP contribution is 2.52. The molecule has 0 N–H and O–H groups in total. The van der Waals surface area contributed by atoms with Gasteiger partial charge in [0.25, 0.3) is 6.71 Å². The number of hydrogen-bond acceptors (Lipinski definition) is 4. The van der Waals surface area contributed by atoms with Crippen LogP contribution in [0.5, 0.6) is 0 Å². The monoisotopic (exact) mass is 1140 g/mol. The molecule has 89 heavy (non-hydrogen) atoms. The van der Waals surface area contributed by atoms with Crippen molar-refractivity contribution in [3.05, 3.63) is 315 Å². The Morgan fingerprint density at radius 2 is 0.764 bits per heavy atom. The van der Waals surface area contributed by atoms with Gasteiger partial charge in [-0.15, -0.1) is 0 Å². The van der Waals surface area contributed by atoms with Crippen molar-refractivity contribution in [2.24, 2.45) is 0 Å². The highest BCUT2D eigenvalue weighted by Gasteiger charge is 2.46. The number of rotatable bonds is 12. The average molecular weight is 1150 g/mol. The first kappa shape index (κ1) is 56.2. The summed E-state index contributed by atoms with van der Waals surface area (Å²) in [5, 5.41) is 0. The van der Waals surface area contributed by atoms with Gasteiger partial charge in [0.2, 0.25) is 0 Å². The smallest absolute Gasteiger partial charge is 0.252 e. The molecule has 0 fully saturated rings. The van der Waals surface area contributed by atoms with E-state index in [2.05, 4.69) is 337 Å². The molecule has 0 saturated carbocycles. The van der Waals surface area contributed by atoms with E-state index in [1.807, 2.05) is 12.2 Å². The zero-order valence-electron chi connectivity index (χ0n) is 51.4. The summed E-state index contributed by atoms with van der Waals surface area (Å²) >= 11 is 0. The molecular weight excluding hydrogens is 1080 g/mol. The summed E-state index contributed by atoms with van der Waals surface area (Å²) in [4.78, 5) is 16.6. The molecular formula is C84H69BN4. The van der Waals surface area contributed by atoms with Crippen molar-refractivity contribution in [1.82, 2.24) is 9.97 Å². The molecule has 0 amide bonds. The molecule has 10 aromatic carbocycles. The summed E-state index contributed by atoms with van der Waals surface area (Å²) in [5.74, 6) is 0. The molecule has 4 nitrogen and oxygen atoms in total. The molecule has 0 bridgehead atoms. The number of aromatic nitrogens is 2. The summed E-state index contributed by atoms with van der Waals surface area (Å²) in [6.07, 6.45) is 5.84. The van der Waals surface area contributed by atoms with E-state index in [1.165, 1.54) is 16.6 Å². The molecule has 12 aromatic rings. The van der Waals surface area contributed by atoms with Crippen molar-refractivity contribution in [3.63, 3.8) is 0 Å².